The Hall–Kier alpha value is -2.43. The highest BCUT2D eigenvalue weighted by Crippen LogP contribution is 2.33. The molecule has 1 N–H and O–H groups in total. The van der Waals surface area contributed by atoms with Gasteiger partial charge in [0.2, 0.25) is 5.91 Å². The number of benzene rings is 1. The summed E-state index contributed by atoms with van der Waals surface area (Å²) in [5, 5.41) is 0. The maximum absolute atomic E-state index is 12.6. The van der Waals surface area contributed by atoms with Gasteiger partial charge in [0.05, 0.1) is 5.69 Å². The van der Waals surface area contributed by atoms with Gasteiger partial charge in [-0.15, -0.1) is 0 Å². The molecule has 0 aliphatic carbocycles. The highest BCUT2D eigenvalue weighted by Gasteiger charge is 2.40. The largest absolute Gasteiger partial charge is 0.336 e. The molecule has 5 heteroatoms. The van der Waals surface area contributed by atoms with E-state index in [2.05, 4.69) is 4.98 Å². The highest BCUT2D eigenvalue weighted by molar-refractivity contribution is 5.77. The first-order valence-electron chi connectivity index (χ1n) is 8.66. The molecule has 24 heavy (non-hydrogen) atoms. The predicted octanol–water partition coefficient (Wildman–Crippen LogP) is 2.31. The maximum atomic E-state index is 12.6. The number of H-pyrrole nitrogens is 1. The lowest BCUT2D eigenvalue weighted by Crippen LogP contribution is -2.41. The van der Waals surface area contributed by atoms with Gasteiger partial charge >= 0.3 is 0 Å². The summed E-state index contributed by atoms with van der Waals surface area (Å²) >= 11 is 0. The molecule has 2 bridgehead atoms. The van der Waals surface area contributed by atoms with Crippen molar-refractivity contribution in [1.29, 1.82) is 0 Å². The van der Waals surface area contributed by atoms with Crippen molar-refractivity contribution < 1.29 is 4.79 Å². The molecule has 2 atom stereocenters. The normalized spacial score (nSPS) is 22.1. The topological polar surface area (TPSA) is 66.1 Å². The molecule has 0 saturated carbocycles. The van der Waals surface area contributed by atoms with Crippen molar-refractivity contribution in [2.45, 2.75) is 51.1 Å². The van der Waals surface area contributed by atoms with Gasteiger partial charge in [-0.2, -0.15) is 0 Å². The van der Waals surface area contributed by atoms with E-state index in [1.165, 1.54) is 0 Å². The van der Waals surface area contributed by atoms with Crippen molar-refractivity contribution in [3.63, 3.8) is 0 Å². The third kappa shape index (κ3) is 2.44. The van der Waals surface area contributed by atoms with Gasteiger partial charge in [0.1, 0.15) is 5.82 Å². The van der Waals surface area contributed by atoms with Crippen LogP contribution in [0.5, 0.6) is 0 Å². The van der Waals surface area contributed by atoms with Gasteiger partial charge in [-0.25, -0.2) is 4.98 Å². The van der Waals surface area contributed by atoms with E-state index in [-0.39, 0.29) is 23.6 Å². The Labute approximate surface area is 140 Å². The average Bonchev–Trinajstić information content (AvgIpc) is 2.90. The van der Waals surface area contributed by atoms with Crippen LogP contribution in [0, 0.1) is 0 Å². The van der Waals surface area contributed by atoms with Crippen LogP contribution >= 0.6 is 0 Å². The molecule has 1 aromatic carbocycles. The number of carbonyl (C=O) groups excluding carboxylic acids is 1. The standard InChI is InChI=1S/C19H21N3O2/c1-2-17(23)22-13-8-9-14(22)11-16-15(10-13)19(24)21-18(20-16)12-6-4-3-5-7-12/h3-7,13-14H,2,8-11H2,1H3,(H,20,21,24)/t13-,14+/m1/s1. The lowest BCUT2D eigenvalue weighted by Gasteiger charge is -2.27. The van der Waals surface area contributed by atoms with E-state index in [9.17, 15) is 9.59 Å². The summed E-state index contributed by atoms with van der Waals surface area (Å²) in [4.78, 5) is 34.7. The fourth-order valence-corrected chi connectivity index (χ4v) is 4.07. The summed E-state index contributed by atoms with van der Waals surface area (Å²) in [7, 11) is 0. The summed E-state index contributed by atoms with van der Waals surface area (Å²) in [6.45, 7) is 1.90. The van der Waals surface area contributed by atoms with Crippen molar-refractivity contribution in [1.82, 2.24) is 14.9 Å². The van der Waals surface area contributed by atoms with Crippen LogP contribution in [0.15, 0.2) is 35.1 Å². The van der Waals surface area contributed by atoms with E-state index >= 15 is 0 Å². The van der Waals surface area contributed by atoms with Crippen LogP contribution in [-0.2, 0) is 17.6 Å². The molecular weight excluding hydrogens is 302 g/mol. The van der Waals surface area contributed by atoms with E-state index < -0.39 is 0 Å². The van der Waals surface area contributed by atoms with Gasteiger partial charge < -0.3 is 9.88 Å². The summed E-state index contributed by atoms with van der Waals surface area (Å²) < 4.78 is 0. The Balaban J connectivity index is 1.76. The van der Waals surface area contributed by atoms with E-state index in [0.717, 1.165) is 29.7 Å². The number of amides is 1. The minimum absolute atomic E-state index is 0.0599. The summed E-state index contributed by atoms with van der Waals surface area (Å²) in [5.74, 6) is 0.806. The molecule has 0 unspecified atom stereocenters. The number of nitrogens with zero attached hydrogens (tertiary/aromatic N) is 2. The molecule has 1 amide bonds. The van der Waals surface area contributed by atoms with Crippen LogP contribution in [0.4, 0.5) is 0 Å². The SMILES string of the molecule is CCC(=O)N1[C@@H]2CC[C@H]1Cc1nc(-c3ccccc3)[nH]c(=O)c1C2. The molecule has 1 saturated heterocycles. The van der Waals surface area contributed by atoms with E-state index in [1.54, 1.807) is 0 Å². The second kappa shape index (κ2) is 5.89. The van der Waals surface area contributed by atoms with E-state index in [4.69, 9.17) is 4.98 Å². The number of hydrogen-bond donors (Lipinski definition) is 1. The monoisotopic (exact) mass is 323 g/mol. The quantitative estimate of drug-likeness (QED) is 0.922. The zero-order chi connectivity index (χ0) is 16.7. The third-order valence-electron chi connectivity index (χ3n) is 5.23. The molecular formula is C19H21N3O2. The van der Waals surface area contributed by atoms with Crippen molar-refractivity contribution in [2.75, 3.05) is 0 Å². The summed E-state index contributed by atoms with van der Waals surface area (Å²) in [6, 6.07) is 10.0. The molecule has 0 spiro atoms. The van der Waals surface area contributed by atoms with Crippen molar-refractivity contribution in [3.8, 4) is 11.4 Å². The average molecular weight is 323 g/mol. The molecule has 1 fully saturated rings. The maximum Gasteiger partial charge on any atom is 0.254 e. The van der Waals surface area contributed by atoms with Gasteiger partial charge in [-0.3, -0.25) is 9.59 Å². The van der Waals surface area contributed by atoms with Crippen LogP contribution in [0.25, 0.3) is 11.4 Å². The first kappa shape index (κ1) is 15.1. The molecule has 2 aromatic rings. The third-order valence-corrected chi connectivity index (χ3v) is 5.23. The van der Waals surface area contributed by atoms with Crippen molar-refractivity contribution in [2.24, 2.45) is 0 Å². The van der Waals surface area contributed by atoms with Gasteiger partial charge in [0, 0.05) is 42.5 Å². The molecule has 2 aliphatic heterocycles. The molecule has 124 valence electrons. The van der Waals surface area contributed by atoms with Crippen molar-refractivity contribution >= 4 is 5.91 Å². The molecule has 3 heterocycles. The zero-order valence-electron chi connectivity index (χ0n) is 13.8. The number of rotatable bonds is 2. The smallest absolute Gasteiger partial charge is 0.254 e. The van der Waals surface area contributed by atoms with Gasteiger partial charge in [0.15, 0.2) is 0 Å². The lowest BCUT2D eigenvalue weighted by molar-refractivity contribution is -0.133. The molecule has 1 aromatic heterocycles. The fourth-order valence-electron chi connectivity index (χ4n) is 4.07. The number of nitrogens with one attached hydrogen (secondary N) is 1. The lowest BCUT2D eigenvalue weighted by atomic mass is 9.98. The van der Waals surface area contributed by atoms with Crippen molar-refractivity contribution in [3.05, 3.63) is 51.9 Å². The number of hydrogen-bond acceptors (Lipinski definition) is 3. The summed E-state index contributed by atoms with van der Waals surface area (Å²) in [6.07, 6.45) is 3.80. The minimum atomic E-state index is -0.0599. The first-order chi connectivity index (χ1) is 11.7. The van der Waals surface area contributed by atoms with Gasteiger partial charge in [-0.05, 0) is 12.8 Å². The van der Waals surface area contributed by atoms with Crippen LogP contribution in [0.3, 0.4) is 0 Å². The number of carbonyl (C=O) groups is 1. The fraction of sp³-hybridized carbons (Fsp3) is 0.421. The predicted molar refractivity (Wildman–Crippen MR) is 91.6 cm³/mol. The Bertz CT molecular complexity index is 828. The number of aromatic nitrogens is 2. The Morgan fingerprint density at radius 3 is 2.62 bits per heavy atom. The second-order valence-electron chi connectivity index (χ2n) is 6.65. The number of fused-ring (bicyclic) bond motifs is 3. The highest BCUT2D eigenvalue weighted by atomic mass is 16.2. The van der Waals surface area contributed by atoms with Crippen LogP contribution in [0.2, 0.25) is 0 Å². The first-order valence-corrected chi connectivity index (χ1v) is 8.66. The molecule has 0 radical (unpaired) electrons. The van der Waals surface area contributed by atoms with Crippen LogP contribution in [0.1, 0.15) is 37.4 Å². The Morgan fingerprint density at radius 1 is 1.21 bits per heavy atom. The minimum Gasteiger partial charge on any atom is -0.336 e. The Morgan fingerprint density at radius 2 is 1.92 bits per heavy atom. The van der Waals surface area contributed by atoms with Crippen LogP contribution < -0.4 is 5.56 Å². The second-order valence-corrected chi connectivity index (χ2v) is 6.65. The van der Waals surface area contributed by atoms with E-state index in [1.807, 2.05) is 42.2 Å². The van der Waals surface area contributed by atoms with Crippen LogP contribution in [-0.4, -0.2) is 32.9 Å². The molecule has 4 rings (SSSR count). The van der Waals surface area contributed by atoms with Gasteiger partial charge in [-0.1, -0.05) is 37.3 Å². The molecule has 5 nitrogen and oxygen atoms in total. The van der Waals surface area contributed by atoms with E-state index in [0.29, 0.717) is 25.1 Å². The molecule has 2 aliphatic rings. The number of aromatic amines is 1. The summed E-state index contributed by atoms with van der Waals surface area (Å²) in [5.41, 5.74) is 2.47. The zero-order valence-corrected chi connectivity index (χ0v) is 13.8. The van der Waals surface area contributed by atoms with Gasteiger partial charge in [0.25, 0.3) is 5.56 Å². The Kier molecular flexibility index (Phi) is 3.71.